The second-order valence-electron chi connectivity index (χ2n) is 13.8. The average Bonchev–Trinajstić information content (AvgIpc) is 3.14. The Morgan fingerprint density at radius 3 is 2.18 bits per heavy atom. The summed E-state index contributed by atoms with van der Waals surface area (Å²) in [7, 11) is 0. The number of carbonyl (C=O) groups excluding carboxylic acids is 1. The third-order valence-corrected chi connectivity index (χ3v) is 10.9. The molecule has 10 heteroatoms. The normalized spacial score (nSPS) is 21.0. The van der Waals surface area contributed by atoms with Gasteiger partial charge in [-0.15, -0.1) is 0 Å². The monoisotopic (exact) mass is 681 g/mol. The third kappa shape index (κ3) is 8.16. The summed E-state index contributed by atoms with van der Waals surface area (Å²) in [6.45, 7) is 4.12. The first-order valence-corrected chi connectivity index (χ1v) is 18.1. The number of piperidine rings is 2. The van der Waals surface area contributed by atoms with E-state index in [1.165, 1.54) is 17.8 Å². The van der Waals surface area contributed by atoms with E-state index in [2.05, 4.69) is 37.6 Å². The van der Waals surface area contributed by atoms with Crippen molar-refractivity contribution >= 4 is 34.8 Å². The highest BCUT2D eigenvalue weighted by Crippen LogP contribution is 2.32. The number of nitrogens with zero attached hydrogens (tertiary/aromatic N) is 4. The van der Waals surface area contributed by atoms with Crippen molar-refractivity contribution in [2.24, 2.45) is 5.92 Å². The fraction of sp³-hybridized carbons (Fsp3) is 0.410. The molecule has 0 atom stereocenters. The second kappa shape index (κ2) is 15.1. The minimum atomic E-state index is -0.263. The average molecular weight is 682 g/mol. The van der Waals surface area contributed by atoms with Gasteiger partial charge in [0.15, 0.2) is 0 Å². The Morgan fingerprint density at radius 2 is 1.47 bits per heavy atom. The number of benzene rings is 3. The molecular weight excluding hydrogens is 637 g/mol. The molecule has 3 aromatic carbocycles. The quantitative estimate of drug-likeness (QED) is 0.167. The minimum Gasteiger partial charge on any atom is -0.399 e. The number of aromatic nitrogens is 2. The summed E-state index contributed by atoms with van der Waals surface area (Å²) in [5, 5.41) is 7.37. The standard InChI is InChI=1S/C39H45ClFN7O/c40-36-25-43-39(46-37(36)29-3-1-2-28(24-29)26-4-6-30(41)7-5-26)45-33-12-10-32(11-13-33)44-38(49)27-16-20-47(21-17-27)35-18-22-48(23-19-35)34-14-8-31(42)9-15-34/h1-9,14-15,24-25,27,32-33,35H,10-13,16-23,42H2,(H,44,49)(H,43,45,46)/t32-,33-. The molecule has 2 aliphatic heterocycles. The van der Waals surface area contributed by atoms with Crippen LogP contribution in [0.25, 0.3) is 22.4 Å². The van der Waals surface area contributed by atoms with E-state index in [-0.39, 0.29) is 29.7 Å². The van der Waals surface area contributed by atoms with Crippen LogP contribution in [0, 0.1) is 11.7 Å². The van der Waals surface area contributed by atoms with E-state index < -0.39 is 0 Å². The Balaban J connectivity index is 0.855. The van der Waals surface area contributed by atoms with Crippen LogP contribution in [0.5, 0.6) is 0 Å². The number of nitrogens with one attached hydrogen (secondary N) is 2. The lowest BCUT2D eigenvalue weighted by atomic mass is 9.89. The highest BCUT2D eigenvalue weighted by atomic mass is 35.5. The first-order chi connectivity index (χ1) is 23.9. The smallest absolute Gasteiger partial charge is 0.223 e. The molecule has 3 aliphatic rings. The number of nitrogens with two attached hydrogens (primary N) is 1. The van der Waals surface area contributed by atoms with Crippen LogP contribution in [0.15, 0.2) is 79.0 Å². The minimum absolute atomic E-state index is 0.101. The van der Waals surface area contributed by atoms with Gasteiger partial charge >= 0.3 is 0 Å². The maximum atomic E-state index is 13.4. The van der Waals surface area contributed by atoms with Crippen molar-refractivity contribution in [1.29, 1.82) is 0 Å². The lowest BCUT2D eigenvalue weighted by molar-refractivity contribution is -0.127. The molecule has 4 aromatic rings. The van der Waals surface area contributed by atoms with E-state index in [0.29, 0.717) is 22.7 Å². The number of carbonyl (C=O) groups is 1. The van der Waals surface area contributed by atoms with Crippen molar-refractivity contribution < 1.29 is 9.18 Å². The Hall–Kier alpha value is -4.21. The summed E-state index contributed by atoms with van der Waals surface area (Å²) in [4.78, 5) is 27.6. The summed E-state index contributed by atoms with van der Waals surface area (Å²) in [6, 6.07) is 23.6. The summed E-state index contributed by atoms with van der Waals surface area (Å²) >= 11 is 6.55. The van der Waals surface area contributed by atoms with E-state index in [4.69, 9.17) is 22.3 Å². The lowest BCUT2D eigenvalue weighted by Crippen LogP contribution is -2.50. The van der Waals surface area contributed by atoms with Gasteiger partial charge in [-0.2, -0.15) is 0 Å². The van der Waals surface area contributed by atoms with E-state index >= 15 is 0 Å². The molecule has 1 saturated carbocycles. The van der Waals surface area contributed by atoms with Gasteiger partial charge in [0.1, 0.15) is 5.82 Å². The van der Waals surface area contributed by atoms with Crippen molar-refractivity contribution in [3.8, 4) is 22.4 Å². The number of halogens is 2. The summed E-state index contributed by atoms with van der Waals surface area (Å²) in [5.74, 6) is 0.606. The topological polar surface area (TPSA) is 99.4 Å². The highest BCUT2D eigenvalue weighted by molar-refractivity contribution is 6.32. The Bertz CT molecular complexity index is 1710. The molecular formula is C39H45ClFN7O. The van der Waals surface area contributed by atoms with Gasteiger partial charge in [0, 0.05) is 54.1 Å². The molecule has 1 aliphatic carbocycles. The number of nitrogen functional groups attached to an aromatic ring is 1. The summed E-state index contributed by atoms with van der Waals surface area (Å²) in [6.07, 6.45) is 9.53. The van der Waals surface area contributed by atoms with Crippen LogP contribution in [0.2, 0.25) is 5.02 Å². The van der Waals surface area contributed by atoms with Gasteiger partial charge in [0.05, 0.1) is 16.9 Å². The van der Waals surface area contributed by atoms with Crippen LogP contribution in [0.4, 0.5) is 21.7 Å². The molecule has 0 radical (unpaired) electrons. The van der Waals surface area contributed by atoms with Crippen LogP contribution < -0.4 is 21.3 Å². The van der Waals surface area contributed by atoms with Crippen LogP contribution in [0.3, 0.4) is 0 Å². The first kappa shape index (κ1) is 33.3. The number of rotatable bonds is 8. The van der Waals surface area contributed by atoms with E-state index in [1.54, 1.807) is 18.3 Å². The number of amides is 1. The van der Waals surface area contributed by atoms with Crippen molar-refractivity contribution in [2.45, 2.75) is 69.5 Å². The highest BCUT2D eigenvalue weighted by Gasteiger charge is 2.32. The molecule has 1 aromatic heterocycles. The largest absolute Gasteiger partial charge is 0.399 e. The zero-order valence-electron chi connectivity index (χ0n) is 27.8. The van der Waals surface area contributed by atoms with Crippen LogP contribution in [-0.4, -0.2) is 65.1 Å². The molecule has 49 heavy (non-hydrogen) atoms. The molecule has 3 heterocycles. The SMILES string of the molecule is Nc1ccc(N2CCC(N3CCC(C(=O)N[C@H]4CC[C@H](Nc5ncc(Cl)c(-c6cccc(-c7ccc(F)cc7)c6)n5)CC4)CC3)CC2)cc1. The van der Waals surface area contributed by atoms with E-state index in [9.17, 15) is 9.18 Å². The van der Waals surface area contributed by atoms with E-state index in [0.717, 1.165) is 99.9 Å². The van der Waals surface area contributed by atoms with Gasteiger partial charge in [-0.05, 0) is 118 Å². The first-order valence-electron chi connectivity index (χ1n) is 17.7. The molecule has 3 fully saturated rings. The maximum absolute atomic E-state index is 13.4. The molecule has 4 N–H and O–H groups in total. The van der Waals surface area contributed by atoms with Crippen molar-refractivity contribution in [3.05, 3.63) is 89.8 Å². The van der Waals surface area contributed by atoms with Crippen LogP contribution >= 0.6 is 11.6 Å². The van der Waals surface area contributed by atoms with Crippen molar-refractivity contribution in [1.82, 2.24) is 20.2 Å². The Labute approximate surface area is 293 Å². The number of anilines is 3. The number of hydrogen-bond acceptors (Lipinski definition) is 7. The molecule has 0 spiro atoms. The number of likely N-dealkylation sites (tertiary alicyclic amines) is 1. The van der Waals surface area contributed by atoms with Gasteiger partial charge in [-0.1, -0.05) is 41.9 Å². The van der Waals surface area contributed by atoms with Gasteiger partial charge in [-0.3, -0.25) is 4.79 Å². The van der Waals surface area contributed by atoms with Gasteiger partial charge in [-0.25, -0.2) is 14.4 Å². The molecule has 0 unspecified atom stereocenters. The van der Waals surface area contributed by atoms with Crippen molar-refractivity contribution in [3.63, 3.8) is 0 Å². The fourth-order valence-electron chi connectivity index (χ4n) is 7.71. The maximum Gasteiger partial charge on any atom is 0.223 e. The summed E-state index contributed by atoms with van der Waals surface area (Å²) in [5.41, 5.74) is 11.3. The fourth-order valence-corrected chi connectivity index (χ4v) is 7.91. The molecule has 8 nitrogen and oxygen atoms in total. The third-order valence-electron chi connectivity index (χ3n) is 10.6. The van der Waals surface area contributed by atoms with Gasteiger partial charge < -0.3 is 26.2 Å². The van der Waals surface area contributed by atoms with Crippen LogP contribution in [-0.2, 0) is 4.79 Å². The van der Waals surface area contributed by atoms with Gasteiger partial charge in [0.25, 0.3) is 0 Å². The molecule has 0 bridgehead atoms. The second-order valence-corrected chi connectivity index (χ2v) is 14.2. The lowest BCUT2D eigenvalue weighted by Gasteiger charge is -2.42. The Kier molecular flexibility index (Phi) is 10.3. The summed E-state index contributed by atoms with van der Waals surface area (Å²) < 4.78 is 13.4. The zero-order chi connectivity index (χ0) is 33.7. The van der Waals surface area contributed by atoms with Gasteiger partial charge in [0.2, 0.25) is 11.9 Å². The zero-order valence-corrected chi connectivity index (χ0v) is 28.6. The molecule has 256 valence electrons. The Morgan fingerprint density at radius 1 is 0.796 bits per heavy atom. The molecule has 7 rings (SSSR count). The van der Waals surface area contributed by atoms with Crippen molar-refractivity contribution in [2.75, 3.05) is 42.1 Å². The molecule has 1 amide bonds. The predicted molar refractivity (Wildman–Crippen MR) is 196 cm³/mol. The molecule has 2 saturated heterocycles. The number of hydrogen-bond donors (Lipinski definition) is 3. The van der Waals surface area contributed by atoms with Crippen LogP contribution in [0.1, 0.15) is 51.4 Å². The van der Waals surface area contributed by atoms with E-state index in [1.807, 2.05) is 36.4 Å². The predicted octanol–water partition coefficient (Wildman–Crippen LogP) is 7.41.